The van der Waals surface area contributed by atoms with Gasteiger partial charge in [-0.05, 0) is 45.2 Å². The summed E-state index contributed by atoms with van der Waals surface area (Å²) in [4.78, 5) is 19.8. The van der Waals surface area contributed by atoms with Crippen LogP contribution >= 0.6 is 0 Å². The van der Waals surface area contributed by atoms with Crippen molar-refractivity contribution in [1.82, 2.24) is 20.4 Å². The van der Waals surface area contributed by atoms with Crippen molar-refractivity contribution < 1.29 is 9.32 Å². The molecule has 1 aromatic rings. The summed E-state index contributed by atoms with van der Waals surface area (Å²) in [5.74, 6) is 1.39. The first kappa shape index (κ1) is 19.3. The van der Waals surface area contributed by atoms with Gasteiger partial charge in [-0.3, -0.25) is 9.69 Å². The Morgan fingerprint density at radius 1 is 1.27 bits per heavy atom. The van der Waals surface area contributed by atoms with Gasteiger partial charge < -0.3 is 15.6 Å². The van der Waals surface area contributed by atoms with Gasteiger partial charge in [0, 0.05) is 12.0 Å². The number of amides is 1. The lowest BCUT2D eigenvalue weighted by Gasteiger charge is -2.32. The maximum absolute atomic E-state index is 12.9. The number of aromatic nitrogens is 2. The summed E-state index contributed by atoms with van der Waals surface area (Å²) in [6, 6.07) is 0.143. The number of nitrogens with zero attached hydrogens (tertiary/aromatic N) is 3. The van der Waals surface area contributed by atoms with E-state index in [0.717, 1.165) is 64.5 Å². The Bertz CT molecular complexity index is 593. The Balaban J connectivity index is 1.71. The van der Waals surface area contributed by atoms with Crippen LogP contribution in [0.3, 0.4) is 0 Å². The van der Waals surface area contributed by atoms with Crippen LogP contribution in [0.4, 0.5) is 0 Å². The topological polar surface area (TPSA) is 97.3 Å². The fourth-order valence-corrected chi connectivity index (χ4v) is 4.34. The molecule has 2 saturated carbocycles. The van der Waals surface area contributed by atoms with Gasteiger partial charge in [0.2, 0.25) is 11.8 Å². The van der Waals surface area contributed by atoms with Crippen molar-refractivity contribution in [1.29, 1.82) is 0 Å². The van der Waals surface area contributed by atoms with Crippen LogP contribution in [-0.4, -0.2) is 40.1 Å². The fraction of sp³-hybridized carbons (Fsp3) is 0.842. The van der Waals surface area contributed by atoms with Crippen LogP contribution in [-0.2, 0) is 16.9 Å². The van der Waals surface area contributed by atoms with E-state index in [1.54, 1.807) is 0 Å². The molecule has 0 spiro atoms. The highest BCUT2D eigenvalue weighted by Crippen LogP contribution is 2.38. The second kappa shape index (κ2) is 8.48. The second-order valence-electron chi connectivity index (χ2n) is 7.88. The van der Waals surface area contributed by atoms with E-state index in [-0.39, 0.29) is 17.9 Å². The van der Waals surface area contributed by atoms with E-state index in [9.17, 15) is 4.79 Å². The maximum Gasteiger partial charge on any atom is 0.240 e. The number of rotatable bonds is 7. The zero-order chi connectivity index (χ0) is 18.6. The molecular formula is C19H33N5O2. The molecular weight excluding hydrogens is 330 g/mol. The molecule has 3 N–H and O–H groups in total. The maximum atomic E-state index is 12.9. The first-order chi connectivity index (χ1) is 12.6. The van der Waals surface area contributed by atoms with Gasteiger partial charge in [-0.25, -0.2) is 0 Å². The number of hydrogen-bond acceptors (Lipinski definition) is 6. The molecule has 2 fully saturated rings. The minimum Gasteiger partial charge on any atom is -0.343 e. The quantitative estimate of drug-likeness (QED) is 0.771. The van der Waals surface area contributed by atoms with E-state index in [1.165, 1.54) is 0 Å². The molecule has 146 valence electrons. The molecule has 0 radical (unpaired) electrons. The van der Waals surface area contributed by atoms with E-state index in [2.05, 4.69) is 34.2 Å². The van der Waals surface area contributed by atoms with Gasteiger partial charge in [0.05, 0.1) is 6.54 Å². The van der Waals surface area contributed by atoms with Crippen LogP contribution in [0, 0.1) is 5.92 Å². The summed E-state index contributed by atoms with van der Waals surface area (Å²) < 4.78 is 5.51. The Hall–Kier alpha value is -1.47. The average Bonchev–Trinajstić information content (AvgIpc) is 3.30. The number of carbonyl (C=O) groups is 1. The Kier molecular flexibility index (Phi) is 6.29. The number of nitrogens with one attached hydrogen (secondary N) is 1. The minimum absolute atomic E-state index is 0.0123. The summed E-state index contributed by atoms with van der Waals surface area (Å²) in [6.45, 7) is 6.78. The van der Waals surface area contributed by atoms with Crippen molar-refractivity contribution in [2.24, 2.45) is 11.7 Å². The summed E-state index contributed by atoms with van der Waals surface area (Å²) in [5, 5.41) is 7.55. The van der Waals surface area contributed by atoms with Gasteiger partial charge in [0.15, 0.2) is 5.82 Å². The molecule has 7 heteroatoms. The van der Waals surface area contributed by atoms with Gasteiger partial charge in [0.25, 0.3) is 0 Å². The lowest BCUT2D eigenvalue weighted by Crippen LogP contribution is -2.48. The number of nitrogens with two attached hydrogens (primary N) is 1. The molecule has 2 aliphatic rings. The predicted octanol–water partition coefficient (Wildman–Crippen LogP) is 2.31. The monoisotopic (exact) mass is 363 g/mol. The summed E-state index contributed by atoms with van der Waals surface area (Å²) in [6.07, 6.45) is 7.66. The van der Waals surface area contributed by atoms with Crippen molar-refractivity contribution in [3.05, 3.63) is 11.7 Å². The third-order valence-corrected chi connectivity index (χ3v) is 6.05. The van der Waals surface area contributed by atoms with Gasteiger partial charge in [-0.1, -0.05) is 38.3 Å². The standard InChI is InChI=1S/C19H33N5O2/c1-3-24(4-2)13-16-21-18(23-26-16)19(10-5-6-11-19)22-17(25)14-8-7-9-15(20)12-14/h14-15H,3-13,20H2,1-2H3,(H,22,25). The third kappa shape index (κ3) is 4.26. The molecule has 3 rings (SSSR count). The van der Waals surface area contributed by atoms with Crippen molar-refractivity contribution in [3.8, 4) is 0 Å². The molecule has 1 aromatic heterocycles. The molecule has 2 unspecified atom stereocenters. The van der Waals surface area contributed by atoms with Crippen molar-refractivity contribution >= 4 is 5.91 Å². The van der Waals surface area contributed by atoms with Crippen molar-refractivity contribution in [2.45, 2.75) is 83.3 Å². The van der Waals surface area contributed by atoms with Crippen LogP contribution in [0.1, 0.15) is 76.9 Å². The largest absolute Gasteiger partial charge is 0.343 e. The highest BCUT2D eigenvalue weighted by Gasteiger charge is 2.42. The van der Waals surface area contributed by atoms with E-state index in [4.69, 9.17) is 10.3 Å². The highest BCUT2D eigenvalue weighted by molar-refractivity contribution is 5.79. The van der Waals surface area contributed by atoms with Crippen LogP contribution in [0.25, 0.3) is 0 Å². The molecule has 1 heterocycles. The molecule has 0 aromatic carbocycles. The Labute approximate surface area is 156 Å². The van der Waals surface area contributed by atoms with Crippen LogP contribution in [0.5, 0.6) is 0 Å². The number of hydrogen-bond donors (Lipinski definition) is 2. The molecule has 0 aliphatic heterocycles. The molecule has 26 heavy (non-hydrogen) atoms. The van der Waals surface area contributed by atoms with E-state index in [1.807, 2.05) is 0 Å². The molecule has 0 bridgehead atoms. The zero-order valence-corrected chi connectivity index (χ0v) is 16.2. The Morgan fingerprint density at radius 3 is 2.65 bits per heavy atom. The van der Waals surface area contributed by atoms with E-state index >= 15 is 0 Å². The first-order valence-corrected chi connectivity index (χ1v) is 10.2. The Morgan fingerprint density at radius 2 is 2.00 bits per heavy atom. The van der Waals surface area contributed by atoms with E-state index < -0.39 is 5.54 Å². The second-order valence-corrected chi connectivity index (χ2v) is 7.88. The normalized spacial score (nSPS) is 25.5. The van der Waals surface area contributed by atoms with Gasteiger partial charge in [-0.2, -0.15) is 4.98 Å². The van der Waals surface area contributed by atoms with Gasteiger partial charge in [0.1, 0.15) is 5.54 Å². The molecule has 7 nitrogen and oxygen atoms in total. The van der Waals surface area contributed by atoms with Crippen LogP contribution in [0.2, 0.25) is 0 Å². The summed E-state index contributed by atoms with van der Waals surface area (Å²) in [5.41, 5.74) is 5.60. The smallest absolute Gasteiger partial charge is 0.240 e. The van der Waals surface area contributed by atoms with Gasteiger partial charge in [-0.15, -0.1) is 0 Å². The lowest BCUT2D eigenvalue weighted by molar-refractivity contribution is -0.128. The van der Waals surface area contributed by atoms with Crippen LogP contribution < -0.4 is 11.1 Å². The predicted molar refractivity (Wildman–Crippen MR) is 99.1 cm³/mol. The highest BCUT2D eigenvalue weighted by atomic mass is 16.5. The lowest BCUT2D eigenvalue weighted by atomic mass is 9.84. The average molecular weight is 364 g/mol. The molecule has 1 amide bonds. The third-order valence-electron chi connectivity index (χ3n) is 6.05. The van der Waals surface area contributed by atoms with Crippen molar-refractivity contribution in [2.75, 3.05) is 13.1 Å². The van der Waals surface area contributed by atoms with Gasteiger partial charge >= 0.3 is 0 Å². The fourth-order valence-electron chi connectivity index (χ4n) is 4.34. The molecule has 2 aliphatic carbocycles. The zero-order valence-electron chi connectivity index (χ0n) is 16.2. The summed E-state index contributed by atoms with van der Waals surface area (Å²) in [7, 11) is 0. The summed E-state index contributed by atoms with van der Waals surface area (Å²) >= 11 is 0. The molecule has 0 saturated heterocycles. The minimum atomic E-state index is -0.469. The van der Waals surface area contributed by atoms with Crippen molar-refractivity contribution in [3.63, 3.8) is 0 Å². The number of carbonyl (C=O) groups excluding carboxylic acids is 1. The van der Waals surface area contributed by atoms with E-state index in [0.29, 0.717) is 18.3 Å². The SMILES string of the molecule is CCN(CC)Cc1nc(C2(NC(=O)C3CCCC(N)C3)CCCC2)no1. The first-order valence-electron chi connectivity index (χ1n) is 10.2. The molecule has 2 atom stereocenters. The van der Waals surface area contributed by atoms with Crippen LogP contribution in [0.15, 0.2) is 4.52 Å².